The summed E-state index contributed by atoms with van der Waals surface area (Å²) in [5, 5.41) is 30.2. The van der Waals surface area contributed by atoms with Gasteiger partial charge in [0.05, 0.1) is 0 Å². The molecule has 0 saturated heterocycles. The summed E-state index contributed by atoms with van der Waals surface area (Å²) in [6.45, 7) is 9.61. The van der Waals surface area contributed by atoms with Crippen LogP contribution >= 0.6 is 0 Å². The summed E-state index contributed by atoms with van der Waals surface area (Å²) in [6.07, 6.45) is 0. The zero-order valence-corrected chi connectivity index (χ0v) is 20.0. The largest absolute Gasteiger partial charge is 0.508 e. The van der Waals surface area contributed by atoms with Gasteiger partial charge >= 0.3 is 0 Å². The van der Waals surface area contributed by atoms with Gasteiger partial charge in [0.2, 0.25) is 0 Å². The molecule has 4 aromatic carbocycles. The predicted octanol–water partition coefficient (Wildman–Crippen LogP) is 7.61. The Morgan fingerprint density at radius 3 is 1.62 bits per heavy atom. The number of hydrogen-bond acceptors (Lipinski definition) is 5. The molecule has 0 aromatic heterocycles. The maximum absolute atomic E-state index is 10.2. The Morgan fingerprint density at radius 2 is 1.09 bits per heavy atom. The van der Waals surface area contributed by atoms with Crippen LogP contribution in [-0.2, 0) is 0 Å². The molecule has 0 aliphatic heterocycles. The van der Waals surface area contributed by atoms with Gasteiger partial charge in [0.15, 0.2) is 0 Å². The molecule has 0 unspecified atom stereocenters. The fraction of sp³-hybridized carbons (Fsp3) is 0.172. The molecule has 0 bridgehead atoms. The Morgan fingerprint density at radius 1 is 0.559 bits per heavy atom. The first-order chi connectivity index (χ1) is 16.1. The van der Waals surface area contributed by atoms with Gasteiger partial charge in [0.25, 0.3) is 0 Å². The van der Waals surface area contributed by atoms with Crippen LogP contribution in [0.5, 0.6) is 28.7 Å². The van der Waals surface area contributed by atoms with E-state index >= 15 is 0 Å². The number of benzene rings is 4. The van der Waals surface area contributed by atoms with Crippen molar-refractivity contribution in [3.05, 3.63) is 94.5 Å². The summed E-state index contributed by atoms with van der Waals surface area (Å²) in [5.74, 6) is 1.91. The fourth-order valence-electron chi connectivity index (χ4n) is 3.95. The lowest BCUT2D eigenvalue weighted by Crippen LogP contribution is -2.13. The van der Waals surface area contributed by atoms with Crippen molar-refractivity contribution in [1.82, 2.24) is 0 Å². The fourth-order valence-corrected chi connectivity index (χ4v) is 3.95. The van der Waals surface area contributed by atoms with Gasteiger partial charge < -0.3 is 25.0 Å². The number of ether oxygens (including phenoxy) is 1. The molecule has 5 heteroatoms. The lowest BCUT2D eigenvalue weighted by Gasteiger charge is -2.29. The van der Waals surface area contributed by atoms with Crippen molar-refractivity contribution in [2.24, 2.45) is 0 Å². The highest BCUT2D eigenvalue weighted by Gasteiger charge is 2.19. The summed E-state index contributed by atoms with van der Waals surface area (Å²) in [7, 11) is 0. The molecule has 34 heavy (non-hydrogen) atoms. The average Bonchev–Trinajstić information content (AvgIpc) is 2.79. The zero-order valence-electron chi connectivity index (χ0n) is 20.0. The third kappa shape index (κ3) is 4.50. The summed E-state index contributed by atoms with van der Waals surface area (Å²) in [5.41, 5.74) is 7.08. The highest BCUT2D eigenvalue weighted by Crippen LogP contribution is 2.42. The standard InChI is InChI=1S/C29H29NO4/c1-17-6-9-23(31)16-29(17)34-24-10-7-22(8-11-24)30(25-12-20(4)27(32)14-18(25)2)26-13-21(5)28(33)15-19(26)3/h6-16,31-33H,1-5H3. The van der Waals surface area contributed by atoms with E-state index in [1.807, 2.05) is 77.1 Å². The second kappa shape index (κ2) is 9.02. The van der Waals surface area contributed by atoms with Crippen LogP contribution in [0.2, 0.25) is 0 Å². The molecule has 0 heterocycles. The maximum atomic E-state index is 10.2. The monoisotopic (exact) mass is 455 g/mol. The first-order valence-corrected chi connectivity index (χ1v) is 11.1. The predicted molar refractivity (Wildman–Crippen MR) is 136 cm³/mol. The van der Waals surface area contributed by atoms with Crippen LogP contribution < -0.4 is 9.64 Å². The molecule has 0 radical (unpaired) electrons. The molecule has 0 amide bonds. The Balaban J connectivity index is 1.81. The van der Waals surface area contributed by atoms with E-state index in [2.05, 4.69) is 4.90 Å². The Bertz CT molecular complexity index is 1300. The number of nitrogens with zero attached hydrogens (tertiary/aromatic N) is 1. The topological polar surface area (TPSA) is 73.2 Å². The first kappa shape index (κ1) is 23.1. The first-order valence-electron chi connectivity index (χ1n) is 11.1. The minimum Gasteiger partial charge on any atom is -0.508 e. The summed E-state index contributed by atoms with van der Waals surface area (Å²) < 4.78 is 6.01. The van der Waals surface area contributed by atoms with E-state index in [0.29, 0.717) is 11.5 Å². The third-order valence-corrected chi connectivity index (χ3v) is 6.01. The molecule has 0 fully saturated rings. The van der Waals surface area contributed by atoms with Gasteiger partial charge in [-0.25, -0.2) is 0 Å². The van der Waals surface area contributed by atoms with E-state index in [-0.39, 0.29) is 17.2 Å². The molecule has 0 atom stereocenters. The Kier molecular flexibility index (Phi) is 6.12. The van der Waals surface area contributed by atoms with Gasteiger partial charge in [0, 0.05) is 23.1 Å². The quantitative estimate of drug-likeness (QED) is 0.289. The number of anilines is 3. The van der Waals surface area contributed by atoms with E-state index in [9.17, 15) is 15.3 Å². The Labute approximate surface area is 200 Å². The third-order valence-electron chi connectivity index (χ3n) is 6.01. The molecule has 0 aliphatic carbocycles. The van der Waals surface area contributed by atoms with E-state index in [0.717, 1.165) is 44.9 Å². The smallest absolute Gasteiger partial charge is 0.134 e. The van der Waals surface area contributed by atoms with Gasteiger partial charge in [-0.15, -0.1) is 0 Å². The highest BCUT2D eigenvalue weighted by atomic mass is 16.5. The lowest BCUT2D eigenvalue weighted by atomic mass is 10.0. The van der Waals surface area contributed by atoms with Crippen LogP contribution in [0.15, 0.2) is 66.7 Å². The van der Waals surface area contributed by atoms with Gasteiger partial charge in [-0.1, -0.05) is 6.07 Å². The second-order valence-electron chi connectivity index (χ2n) is 8.73. The lowest BCUT2D eigenvalue weighted by molar-refractivity contribution is 0.453. The van der Waals surface area contributed by atoms with E-state index in [1.165, 1.54) is 0 Å². The van der Waals surface area contributed by atoms with E-state index in [1.54, 1.807) is 24.3 Å². The number of aryl methyl sites for hydroxylation is 5. The molecule has 174 valence electrons. The minimum absolute atomic E-state index is 0.153. The van der Waals surface area contributed by atoms with Gasteiger partial charge in [-0.3, -0.25) is 0 Å². The molecule has 0 spiro atoms. The van der Waals surface area contributed by atoms with Gasteiger partial charge in [-0.05, 0) is 117 Å². The number of phenols is 3. The zero-order chi connectivity index (χ0) is 24.6. The normalized spacial score (nSPS) is 10.9. The minimum atomic E-state index is 0.153. The number of phenolic OH excluding ortho intramolecular Hbond substituents is 3. The van der Waals surface area contributed by atoms with Crippen molar-refractivity contribution in [1.29, 1.82) is 0 Å². The van der Waals surface area contributed by atoms with Crippen LogP contribution in [0.4, 0.5) is 17.1 Å². The summed E-state index contributed by atoms with van der Waals surface area (Å²) >= 11 is 0. The molecular weight excluding hydrogens is 426 g/mol. The van der Waals surface area contributed by atoms with Crippen molar-refractivity contribution in [3.8, 4) is 28.7 Å². The number of rotatable bonds is 5. The maximum Gasteiger partial charge on any atom is 0.134 e. The van der Waals surface area contributed by atoms with Crippen LogP contribution in [0, 0.1) is 34.6 Å². The molecule has 4 aromatic rings. The van der Waals surface area contributed by atoms with Gasteiger partial charge in [0.1, 0.15) is 28.7 Å². The molecule has 4 rings (SSSR count). The van der Waals surface area contributed by atoms with E-state index in [4.69, 9.17) is 4.74 Å². The van der Waals surface area contributed by atoms with Crippen molar-refractivity contribution in [2.75, 3.05) is 4.90 Å². The second-order valence-corrected chi connectivity index (χ2v) is 8.73. The van der Waals surface area contributed by atoms with Crippen molar-refractivity contribution in [3.63, 3.8) is 0 Å². The number of aromatic hydroxyl groups is 3. The summed E-state index contributed by atoms with van der Waals surface area (Å²) in [6, 6.07) is 20.2. The number of hydrogen-bond donors (Lipinski definition) is 3. The molecular formula is C29H29NO4. The van der Waals surface area contributed by atoms with Gasteiger partial charge in [-0.2, -0.15) is 0 Å². The van der Waals surface area contributed by atoms with Crippen molar-refractivity contribution >= 4 is 17.1 Å². The van der Waals surface area contributed by atoms with Crippen LogP contribution in [-0.4, -0.2) is 15.3 Å². The van der Waals surface area contributed by atoms with E-state index < -0.39 is 0 Å². The molecule has 5 nitrogen and oxygen atoms in total. The SMILES string of the molecule is Cc1cc(N(c2ccc(Oc3cc(O)ccc3C)cc2)c2cc(C)c(O)cc2C)c(C)cc1O. The molecule has 3 N–H and O–H groups in total. The van der Waals surface area contributed by atoms with Crippen molar-refractivity contribution < 1.29 is 20.1 Å². The van der Waals surface area contributed by atoms with Crippen LogP contribution in [0.25, 0.3) is 0 Å². The van der Waals surface area contributed by atoms with Crippen LogP contribution in [0.3, 0.4) is 0 Å². The summed E-state index contributed by atoms with van der Waals surface area (Å²) in [4.78, 5) is 2.12. The molecule has 0 aliphatic rings. The average molecular weight is 456 g/mol. The highest BCUT2D eigenvalue weighted by molar-refractivity contribution is 5.82. The van der Waals surface area contributed by atoms with Crippen LogP contribution in [0.1, 0.15) is 27.8 Å². The molecule has 0 saturated carbocycles. The Hall–Kier alpha value is -4.12. The van der Waals surface area contributed by atoms with Crippen molar-refractivity contribution in [2.45, 2.75) is 34.6 Å².